The van der Waals surface area contributed by atoms with Gasteiger partial charge in [0.15, 0.2) is 0 Å². The topological polar surface area (TPSA) is 70.6 Å². The maximum atomic E-state index is 12.8. The molecule has 0 spiro atoms. The van der Waals surface area contributed by atoms with E-state index < -0.39 is 0 Å². The van der Waals surface area contributed by atoms with Crippen LogP contribution in [-0.4, -0.2) is 17.5 Å². The SMILES string of the molecule is C/C(CC(=O)Nc1ccc(F)cc1)=N\NC(=O)c1ccc(Br)cc1. The van der Waals surface area contributed by atoms with Gasteiger partial charge in [0.25, 0.3) is 5.91 Å². The number of hydrogen-bond donors (Lipinski definition) is 2. The summed E-state index contributed by atoms with van der Waals surface area (Å²) in [6.45, 7) is 1.63. The second kappa shape index (κ2) is 8.35. The number of carbonyl (C=O) groups is 2. The number of anilines is 1. The van der Waals surface area contributed by atoms with Gasteiger partial charge in [-0.3, -0.25) is 9.59 Å². The van der Waals surface area contributed by atoms with Crippen LogP contribution in [0.1, 0.15) is 23.7 Å². The van der Waals surface area contributed by atoms with Crippen molar-refractivity contribution in [3.8, 4) is 0 Å². The largest absolute Gasteiger partial charge is 0.326 e. The second-order valence-electron chi connectivity index (χ2n) is 5.03. The highest BCUT2D eigenvalue weighted by molar-refractivity contribution is 9.10. The maximum Gasteiger partial charge on any atom is 0.271 e. The lowest BCUT2D eigenvalue weighted by molar-refractivity contribution is -0.115. The number of halogens is 2. The van der Waals surface area contributed by atoms with Crippen LogP contribution in [0.3, 0.4) is 0 Å². The first-order valence-corrected chi connectivity index (χ1v) is 7.88. The molecular weight excluding hydrogens is 377 g/mol. The summed E-state index contributed by atoms with van der Waals surface area (Å²) in [6.07, 6.45) is 0.0119. The van der Waals surface area contributed by atoms with E-state index in [-0.39, 0.29) is 24.1 Å². The Labute approximate surface area is 147 Å². The van der Waals surface area contributed by atoms with Crippen molar-refractivity contribution in [2.45, 2.75) is 13.3 Å². The van der Waals surface area contributed by atoms with Gasteiger partial charge in [0.2, 0.25) is 5.91 Å². The highest BCUT2D eigenvalue weighted by atomic mass is 79.9. The number of nitrogens with zero attached hydrogens (tertiary/aromatic N) is 1. The van der Waals surface area contributed by atoms with E-state index in [4.69, 9.17) is 0 Å². The van der Waals surface area contributed by atoms with E-state index in [1.807, 2.05) is 0 Å². The first-order chi connectivity index (χ1) is 11.4. The molecule has 0 heterocycles. The second-order valence-corrected chi connectivity index (χ2v) is 5.94. The zero-order valence-electron chi connectivity index (χ0n) is 12.8. The summed E-state index contributed by atoms with van der Waals surface area (Å²) < 4.78 is 13.7. The number of nitrogens with one attached hydrogen (secondary N) is 2. The zero-order chi connectivity index (χ0) is 17.5. The number of carbonyl (C=O) groups excluding carboxylic acids is 2. The lowest BCUT2D eigenvalue weighted by Gasteiger charge is -2.05. The molecule has 2 rings (SSSR count). The lowest BCUT2D eigenvalue weighted by atomic mass is 10.2. The van der Waals surface area contributed by atoms with Gasteiger partial charge >= 0.3 is 0 Å². The third-order valence-corrected chi connectivity index (χ3v) is 3.53. The summed E-state index contributed by atoms with van der Waals surface area (Å²) in [5.74, 6) is -1.04. The van der Waals surface area contributed by atoms with E-state index in [1.54, 1.807) is 31.2 Å². The number of benzene rings is 2. The number of rotatable bonds is 5. The van der Waals surface area contributed by atoms with Gasteiger partial charge in [-0.2, -0.15) is 5.10 Å². The van der Waals surface area contributed by atoms with Crippen molar-refractivity contribution in [2.75, 3.05) is 5.32 Å². The van der Waals surface area contributed by atoms with Crippen LogP contribution in [-0.2, 0) is 4.79 Å². The summed E-state index contributed by atoms with van der Waals surface area (Å²) in [4.78, 5) is 23.8. The van der Waals surface area contributed by atoms with Crippen LogP contribution in [0.4, 0.5) is 10.1 Å². The van der Waals surface area contributed by atoms with Gasteiger partial charge in [0, 0.05) is 21.4 Å². The van der Waals surface area contributed by atoms with Crippen LogP contribution in [0.5, 0.6) is 0 Å². The highest BCUT2D eigenvalue weighted by Gasteiger charge is 2.07. The van der Waals surface area contributed by atoms with E-state index in [0.717, 1.165) is 4.47 Å². The summed E-state index contributed by atoms with van der Waals surface area (Å²) >= 11 is 3.29. The Bertz CT molecular complexity index is 758. The molecule has 0 aliphatic carbocycles. The van der Waals surface area contributed by atoms with Crippen LogP contribution in [0.25, 0.3) is 0 Å². The van der Waals surface area contributed by atoms with Crippen LogP contribution in [0.2, 0.25) is 0 Å². The van der Waals surface area contributed by atoms with E-state index in [9.17, 15) is 14.0 Å². The molecule has 2 amide bonds. The molecule has 124 valence electrons. The van der Waals surface area contributed by atoms with Crippen LogP contribution < -0.4 is 10.7 Å². The Morgan fingerprint density at radius 2 is 1.71 bits per heavy atom. The summed E-state index contributed by atoms with van der Waals surface area (Å²) in [5.41, 5.74) is 3.80. The Kier molecular flexibility index (Phi) is 6.20. The molecule has 0 aliphatic heterocycles. The molecular formula is C17H15BrFN3O2. The molecule has 5 nitrogen and oxygen atoms in total. The van der Waals surface area contributed by atoms with E-state index in [1.165, 1.54) is 24.3 Å². The number of amides is 2. The molecule has 0 fully saturated rings. The standard InChI is InChI=1S/C17H15BrFN3O2/c1-11(10-16(23)20-15-8-6-14(19)7-9-15)21-22-17(24)12-2-4-13(18)5-3-12/h2-9H,10H2,1H3,(H,20,23)(H,22,24)/b21-11+. The van der Waals surface area contributed by atoms with E-state index in [2.05, 4.69) is 31.8 Å². The van der Waals surface area contributed by atoms with Crippen LogP contribution in [0.15, 0.2) is 58.1 Å². The Morgan fingerprint density at radius 3 is 2.33 bits per heavy atom. The highest BCUT2D eigenvalue weighted by Crippen LogP contribution is 2.10. The first kappa shape index (κ1) is 17.8. The van der Waals surface area contributed by atoms with Crippen molar-refractivity contribution >= 4 is 39.1 Å². The third kappa shape index (κ3) is 5.58. The summed E-state index contributed by atoms with van der Waals surface area (Å²) in [6, 6.07) is 12.3. The van der Waals surface area contributed by atoms with E-state index >= 15 is 0 Å². The number of hydrazone groups is 1. The molecule has 7 heteroatoms. The fraction of sp³-hybridized carbons (Fsp3) is 0.118. The maximum absolute atomic E-state index is 12.8. The monoisotopic (exact) mass is 391 g/mol. The molecule has 24 heavy (non-hydrogen) atoms. The molecule has 0 atom stereocenters. The Balaban J connectivity index is 1.86. The van der Waals surface area contributed by atoms with Crippen molar-refractivity contribution in [1.29, 1.82) is 0 Å². The van der Waals surface area contributed by atoms with Gasteiger partial charge in [-0.1, -0.05) is 15.9 Å². The molecule has 0 saturated carbocycles. The first-order valence-electron chi connectivity index (χ1n) is 7.08. The van der Waals surface area contributed by atoms with Gasteiger partial charge in [0.1, 0.15) is 5.82 Å². The predicted octanol–water partition coefficient (Wildman–Crippen LogP) is 3.72. The van der Waals surface area contributed by atoms with Gasteiger partial charge in [0.05, 0.1) is 6.42 Å². The van der Waals surface area contributed by atoms with Gasteiger partial charge < -0.3 is 5.32 Å². The number of hydrogen-bond acceptors (Lipinski definition) is 3. The molecule has 2 aromatic rings. The van der Waals surface area contributed by atoms with Gasteiger partial charge in [-0.25, -0.2) is 9.82 Å². The molecule has 0 saturated heterocycles. The third-order valence-electron chi connectivity index (χ3n) is 3.00. The summed E-state index contributed by atoms with van der Waals surface area (Å²) in [5, 5.41) is 6.52. The molecule has 0 unspecified atom stereocenters. The minimum Gasteiger partial charge on any atom is -0.326 e. The smallest absolute Gasteiger partial charge is 0.271 e. The average molecular weight is 392 g/mol. The van der Waals surface area contributed by atoms with Crippen molar-refractivity contribution in [1.82, 2.24) is 5.43 Å². The minimum absolute atomic E-state index is 0.0119. The van der Waals surface area contributed by atoms with Crippen molar-refractivity contribution in [3.05, 3.63) is 64.4 Å². The molecule has 0 aliphatic rings. The predicted molar refractivity (Wildman–Crippen MR) is 94.4 cm³/mol. The van der Waals surface area contributed by atoms with Crippen molar-refractivity contribution in [3.63, 3.8) is 0 Å². The van der Waals surface area contributed by atoms with Gasteiger partial charge in [-0.05, 0) is 55.5 Å². The fourth-order valence-corrected chi connectivity index (χ4v) is 2.09. The molecule has 2 N–H and O–H groups in total. The zero-order valence-corrected chi connectivity index (χ0v) is 14.4. The normalized spacial score (nSPS) is 11.0. The lowest BCUT2D eigenvalue weighted by Crippen LogP contribution is -2.21. The molecule has 0 aromatic heterocycles. The van der Waals surface area contributed by atoms with Gasteiger partial charge in [-0.15, -0.1) is 0 Å². The van der Waals surface area contributed by atoms with Crippen LogP contribution >= 0.6 is 15.9 Å². The van der Waals surface area contributed by atoms with E-state index in [0.29, 0.717) is 17.0 Å². The fourth-order valence-electron chi connectivity index (χ4n) is 1.82. The molecule has 0 bridgehead atoms. The van der Waals surface area contributed by atoms with Crippen molar-refractivity contribution < 1.29 is 14.0 Å². The van der Waals surface area contributed by atoms with Crippen molar-refractivity contribution in [2.24, 2.45) is 5.10 Å². The molecule has 0 radical (unpaired) electrons. The Morgan fingerprint density at radius 1 is 1.08 bits per heavy atom. The van der Waals surface area contributed by atoms with Crippen LogP contribution in [0, 0.1) is 5.82 Å². The molecule has 2 aromatic carbocycles. The quantitative estimate of drug-likeness (QED) is 0.602. The average Bonchev–Trinajstić information content (AvgIpc) is 2.55. The minimum atomic E-state index is -0.374. The summed E-state index contributed by atoms with van der Waals surface area (Å²) in [7, 11) is 0. The Hall–Kier alpha value is -2.54.